The van der Waals surface area contributed by atoms with Crippen LogP contribution in [0.25, 0.3) is 0 Å². The van der Waals surface area contributed by atoms with Crippen LogP contribution >= 0.6 is 11.3 Å². The first kappa shape index (κ1) is 23.6. The molecule has 0 saturated carbocycles. The maximum absolute atomic E-state index is 14.0. The number of hydrogen-bond acceptors (Lipinski definition) is 9. The predicted molar refractivity (Wildman–Crippen MR) is 124 cm³/mol. The zero-order valence-corrected chi connectivity index (χ0v) is 20.0. The van der Waals surface area contributed by atoms with Crippen molar-refractivity contribution >= 4 is 29.1 Å². The van der Waals surface area contributed by atoms with Gasteiger partial charge in [0.05, 0.1) is 26.9 Å². The van der Waals surface area contributed by atoms with Gasteiger partial charge in [0.15, 0.2) is 17.3 Å². The van der Waals surface area contributed by atoms with E-state index in [1.165, 1.54) is 38.7 Å². The topological polar surface area (TPSA) is 111 Å². The Bertz CT molecular complexity index is 1210. The number of nitrogens with one attached hydrogen (secondary N) is 1. The highest BCUT2D eigenvalue weighted by Gasteiger charge is 2.49. The Hall–Kier alpha value is -3.59. The fourth-order valence-corrected chi connectivity index (χ4v) is 5.66. The lowest BCUT2D eigenvalue weighted by atomic mass is 9.68. The number of methoxy groups -OCH3 is 3. The summed E-state index contributed by atoms with van der Waals surface area (Å²) in [4.78, 5) is 40.6. The molecule has 1 aromatic carbocycles. The number of aromatic hydroxyl groups is 1. The van der Waals surface area contributed by atoms with E-state index in [9.17, 15) is 19.5 Å². The van der Waals surface area contributed by atoms with Crippen LogP contribution in [0.1, 0.15) is 35.6 Å². The van der Waals surface area contributed by atoms with Gasteiger partial charge in [-0.1, -0.05) is 12.1 Å². The van der Waals surface area contributed by atoms with E-state index in [2.05, 4.69) is 5.32 Å². The summed E-state index contributed by atoms with van der Waals surface area (Å²) in [6.45, 7) is 1.75. The summed E-state index contributed by atoms with van der Waals surface area (Å²) in [6.07, 6.45) is 0.388. The van der Waals surface area contributed by atoms with Crippen molar-refractivity contribution in [3.8, 4) is 11.5 Å². The number of dihydropyridines is 1. The lowest BCUT2D eigenvalue weighted by molar-refractivity contribution is -0.149. The van der Waals surface area contributed by atoms with Crippen LogP contribution in [0.3, 0.4) is 0 Å². The Morgan fingerprint density at radius 2 is 1.91 bits per heavy atom. The third-order valence-electron chi connectivity index (χ3n) is 6.33. The number of phenolic OH excluding ortho intramolecular Hbond substituents is 1. The number of ether oxygens (including phenoxy) is 3. The summed E-state index contributed by atoms with van der Waals surface area (Å²) in [5.74, 6) is -3.78. The SMILES string of the molecule is COC(=O)C1=C(C)NC2=C(C(=O)[C@@H](C(=O)OC)[C@@H](c3cccs3)C2)[C@@H]1c1ccc(O)c(OC)c1. The van der Waals surface area contributed by atoms with Crippen LogP contribution in [-0.4, -0.2) is 44.2 Å². The summed E-state index contributed by atoms with van der Waals surface area (Å²) in [6, 6.07) is 8.43. The molecule has 0 spiro atoms. The summed E-state index contributed by atoms with van der Waals surface area (Å²) < 4.78 is 15.3. The van der Waals surface area contributed by atoms with E-state index >= 15 is 0 Å². The molecule has 1 aromatic heterocycles. The summed E-state index contributed by atoms with van der Waals surface area (Å²) in [5.41, 5.74) is 2.31. The molecule has 0 radical (unpaired) electrons. The molecule has 0 bridgehead atoms. The third kappa shape index (κ3) is 3.86. The molecule has 0 unspecified atom stereocenters. The quantitative estimate of drug-likeness (QED) is 0.492. The van der Waals surface area contributed by atoms with E-state index < -0.39 is 35.5 Å². The molecule has 4 rings (SSSR count). The summed E-state index contributed by atoms with van der Waals surface area (Å²) >= 11 is 1.48. The Balaban J connectivity index is 1.93. The largest absolute Gasteiger partial charge is 0.504 e. The van der Waals surface area contributed by atoms with Crippen LogP contribution in [0.5, 0.6) is 11.5 Å². The minimum Gasteiger partial charge on any atom is -0.504 e. The average Bonchev–Trinajstić information content (AvgIpc) is 3.37. The molecule has 2 aromatic rings. The van der Waals surface area contributed by atoms with Crippen LogP contribution in [0.2, 0.25) is 0 Å². The second kappa shape index (κ2) is 9.34. The number of carbonyl (C=O) groups excluding carboxylic acids is 3. The van der Waals surface area contributed by atoms with E-state index in [1.54, 1.807) is 19.1 Å². The molecule has 9 heteroatoms. The number of ketones is 1. The first-order chi connectivity index (χ1) is 16.3. The molecule has 34 heavy (non-hydrogen) atoms. The van der Waals surface area contributed by atoms with Crippen molar-refractivity contribution in [3.05, 3.63) is 68.7 Å². The molecule has 2 heterocycles. The average molecular weight is 484 g/mol. The van der Waals surface area contributed by atoms with Gasteiger partial charge < -0.3 is 24.6 Å². The maximum Gasteiger partial charge on any atom is 0.336 e. The number of rotatable bonds is 5. The number of carbonyl (C=O) groups is 3. The zero-order valence-electron chi connectivity index (χ0n) is 19.2. The molecule has 8 nitrogen and oxygen atoms in total. The standard InChI is InChI=1S/C25H25NO7S/c1-12-19(24(29)32-3)20(13-7-8-16(27)17(10-13)31-2)22-15(26-12)11-14(18-6-5-9-34-18)21(23(22)28)25(30)33-4/h5-10,14,20-21,26-27H,11H2,1-4H3/t14-,20-,21+/m1/s1. The van der Waals surface area contributed by atoms with E-state index in [1.807, 2.05) is 17.5 Å². The number of allylic oxidation sites excluding steroid dienone is 3. The normalized spacial score (nSPS) is 22.1. The van der Waals surface area contributed by atoms with Crippen molar-refractivity contribution in [1.29, 1.82) is 0 Å². The van der Waals surface area contributed by atoms with Crippen LogP contribution in [0.15, 0.2) is 58.3 Å². The first-order valence-corrected chi connectivity index (χ1v) is 11.5. The van der Waals surface area contributed by atoms with Crippen LogP contribution < -0.4 is 10.1 Å². The Morgan fingerprint density at radius 1 is 1.15 bits per heavy atom. The number of Topliss-reactive ketones (excluding diaryl/α,β-unsaturated/α-hetero) is 1. The molecular weight excluding hydrogens is 458 g/mol. The Labute approximate surface area is 200 Å². The zero-order chi connectivity index (χ0) is 24.6. The number of phenols is 1. The predicted octanol–water partition coefficient (Wildman–Crippen LogP) is 3.40. The molecule has 2 aliphatic rings. The van der Waals surface area contributed by atoms with Crippen LogP contribution in [0, 0.1) is 5.92 Å². The van der Waals surface area contributed by atoms with Gasteiger partial charge >= 0.3 is 11.9 Å². The van der Waals surface area contributed by atoms with E-state index in [0.29, 0.717) is 29.0 Å². The molecule has 0 fully saturated rings. The van der Waals surface area contributed by atoms with Crippen molar-refractivity contribution in [2.45, 2.75) is 25.2 Å². The highest BCUT2D eigenvalue weighted by atomic mass is 32.1. The van der Waals surface area contributed by atoms with Crippen LogP contribution in [-0.2, 0) is 23.9 Å². The Kier molecular flexibility index (Phi) is 6.47. The van der Waals surface area contributed by atoms with Crippen molar-refractivity contribution in [3.63, 3.8) is 0 Å². The van der Waals surface area contributed by atoms with Gasteiger partial charge in [-0.15, -0.1) is 11.3 Å². The molecular formula is C25H25NO7S. The van der Waals surface area contributed by atoms with Gasteiger partial charge in [-0.2, -0.15) is 0 Å². The van der Waals surface area contributed by atoms with E-state index in [-0.39, 0.29) is 17.1 Å². The van der Waals surface area contributed by atoms with E-state index in [4.69, 9.17) is 14.2 Å². The Morgan fingerprint density at radius 3 is 2.53 bits per heavy atom. The molecule has 1 aliphatic carbocycles. The molecule has 0 amide bonds. The second-order valence-electron chi connectivity index (χ2n) is 8.10. The van der Waals surface area contributed by atoms with E-state index in [0.717, 1.165) is 4.88 Å². The van der Waals surface area contributed by atoms with Crippen molar-refractivity contribution in [1.82, 2.24) is 5.32 Å². The molecule has 178 valence electrons. The van der Waals surface area contributed by atoms with Gasteiger partial charge in [-0.3, -0.25) is 9.59 Å². The monoisotopic (exact) mass is 483 g/mol. The molecule has 2 N–H and O–H groups in total. The summed E-state index contributed by atoms with van der Waals surface area (Å²) in [7, 11) is 3.95. The fraction of sp³-hybridized carbons (Fsp3) is 0.320. The first-order valence-electron chi connectivity index (χ1n) is 10.6. The minimum absolute atomic E-state index is 0.0742. The third-order valence-corrected chi connectivity index (χ3v) is 7.33. The lowest BCUT2D eigenvalue weighted by Crippen LogP contribution is -2.43. The molecule has 3 atom stereocenters. The minimum atomic E-state index is -1.05. The number of thiophene rings is 1. The van der Waals surface area contributed by atoms with Gasteiger partial charge in [0.2, 0.25) is 0 Å². The maximum atomic E-state index is 14.0. The van der Waals surface area contributed by atoms with Crippen molar-refractivity contribution < 1.29 is 33.7 Å². The number of benzene rings is 1. The summed E-state index contributed by atoms with van der Waals surface area (Å²) in [5, 5.41) is 15.2. The van der Waals surface area contributed by atoms with Crippen molar-refractivity contribution in [2.75, 3.05) is 21.3 Å². The highest BCUT2D eigenvalue weighted by Crippen LogP contribution is 2.49. The molecule has 1 aliphatic heterocycles. The van der Waals surface area contributed by atoms with Gasteiger partial charge in [-0.25, -0.2) is 4.79 Å². The molecule has 0 saturated heterocycles. The van der Waals surface area contributed by atoms with Gasteiger partial charge in [-0.05, 0) is 42.5 Å². The fourth-order valence-electron chi connectivity index (χ4n) is 4.79. The number of esters is 2. The number of hydrogen-bond donors (Lipinski definition) is 2. The highest BCUT2D eigenvalue weighted by molar-refractivity contribution is 7.10. The lowest BCUT2D eigenvalue weighted by Gasteiger charge is -2.39. The van der Waals surface area contributed by atoms with Gasteiger partial charge in [0.1, 0.15) is 5.92 Å². The second-order valence-corrected chi connectivity index (χ2v) is 9.08. The van der Waals surface area contributed by atoms with Gasteiger partial charge in [0.25, 0.3) is 0 Å². The smallest absolute Gasteiger partial charge is 0.336 e. The van der Waals surface area contributed by atoms with Gasteiger partial charge in [0, 0.05) is 33.7 Å². The van der Waals surface area contributed by atoms with Crippen molar-refractivity contribution in [2.24, 2.45) is 5.92 Å². The van der Waals surface area contributed by atoms with Crippen LogP contribution in [0.4, 0.5) is 0 Å².